The van der Waals surface area contributed by atoms with Crippen molar-refractivity contribution in [2.75, 3.05) is 11.9 Å². The Morgan fingerprint density at radius 1 is 1.05 bits per heavy atom. The second-order valence-electron chi connectivity index (χ2n) is 4.68. The molecule has 2 aromatic carbocycles. The Labute approximate surface area is 128 Å². The predicted octanol–water partition coefficient (Wildman–Crippen LogP) is 2.96. The van der Waals surface area contributed by atoms with Gasteiger partial charge in [0.2, 0.25) is 5.91 Å². The Morgan fingerprint density at radius 2 is 1.68 bits per heavy atom. The Morgan fingerprint density at radius 3 is 2.23 bits per heavy atom. The zero-order chi connectivity index (χ0) is 15.9. The Kier molecular flexibility index (Phi) is 5.14. The van der Waals surface area contributed by atoms with Crippen LogP contribution in [0.15, 0.2) is 48.5 Å². The van der Waals surface area contributed by atoms with Crippen LogP contribution in [0.4, 0.5) is 5.69 Å². The smallest absolute Gasteiger partial charge is 0.335 e. The molecule has 5 nitrogen and oxygen atoms in total. The molecule has 0 fully saturated rings. The van der Waals surface area contributed by atoms with E-state index in [0.29, 0.717) is 12.3 Å². The predicted molar refractivity (Wildman–Crippen MR) is 83.3 cm³/mol. The first-order valence-electron chi connectivity index (χ1n) is 6.93. The van der Waals surface area contributed by atoms with Crippen LogP contribution in [0.5, 0.6) is 5.75 Å². The summed E-state index contributed by atoms with van der Waals surface area (Å²) >= 11 is 0. The highest BCUT2D eigenvalue weighted by Gasteiger charge is 2.06. The molecule has 22 heavy (non-hydrogen) atoms. The normalized spacial score (nSPS) is 10.0. The van der Waals surface area contributed by atoms with Crippen molar-refractivity contribution >= 4 is 17.6 Å². The van der Waals surface area contributed by atoms with Crippen LogP contribution < -0.4 is 10.1 Å². The van der Waals surface area contributed by atoms with E-state index in [2.05, 4.69) is 5.32 Å². The molecular weight excluding hydrogens is 282 g/mol. The second-order valence-corrected chi connectivity index (χ2v) is 4.68. The van der Waals surface area contributed by atoms with Gasteiger partial charge in [-0.25, -0.2) is 4.79 Å². The van der Waals surface area contributed by atoms with Crippen LogP contribution in [0, 0.1) is 0 Å². The number of carboxylic acids is 1. The van der Waals surface area contributed by atoms with Crippen molar-refractivity contribution in [2.45, 2.75) is 13.3 Å². The standard InChI is InChI=1S/C17H17NO4/c1-2-22-15-9-3-12(4-10-15)11-16(19)18-14-7-5-13(6-8-14)17(20)21/h3-10H,2,11H2,1H3,(H,18,19)(H,20,21). The number of aromatic carboxylic acids is 1. The number of carboxylic acid groups (broad SMARTS) is 1. The lowest BCUT2D eigenvalue weighted by molar-refractivity contribution is -0.115. The summed E-state index contributed by atoms with van der Waals surface area (Å²) in [7, 11) is 0. The highest BCUT2D eigenvalue weighted by molar-refractivity contribution is 5.93. The topological polar surface area (TPSA) is 75.6 Å². The SMILES string of the molecule is CCOc1ccc(CC(=O)Nc2ccc(C(=O)O)cc2)cc1. The minimum atomic E-state index is -0.993. The average Bonchev–Trinajstić information content (AvgIpc) is 2.50. The van der Waals surface area contributed by atoms with E-state index in [1.54, 1.807) is 12.1 Å². The summed E-state index contributed by atoms with van der Waals surface area (Å²) in [6.07, 6.45) is 0.243. The molecule has 2 N–H and O–H groups in total. The van der Waals surface area contributed by atoms with Gasteiger partial charge in [-0.2, -0.15) is 0 Å². The first-order chi connectivity index (χ1) is 10.6. The van der Waals surface area contributed by atoms with E-state index in [1.165, 1.54) is 12.1 Å². The van der Waals surface area contributed by atoms with Crippen molar-refractivity contribution in [3.63, 3.8) is 0 Å². The number of hydrogen-bond acceptors (Lipinski definition) is 3. The Hall–Kier alpha value is -2.82. The Bertz CT molecular complexity index is 647. The molecular formula is C17H17NO4. The van der Waals surface area contributed by atoms with Crippen molar-refractivity contribution in [3.8, 4) is 5.75 Å². The molecule has 0 radical (unpaired) electrons. The van der Waals surface area contributed by atoms with Crippen molar-refractivity contribution in [1.29, 1.82) is 0 Å². The lowest BCUT2D eigenvalue weighted by atomic mass is 10.1. The molecule has 0 heterocycles. The third kappa shape index (κ3) is 4.34. The molecule has 0 aliphatic heterocycles. The summed E-state index contributed by atoms with van der Waals surface area (Å²) in [4.78, 5) is 22.7. The number of hydrogen-bond donors (Lipinski definition) is 2. The van der Waals surface area contributed by atoms with Crippen LogP contribution in [0.1, 0.15) is 22.8 Å². The molecule has 0 saturated carbocycles. The molecule has 0 bridgehead atoms. The summed E-state index contributed by atoms with van der Waals surface area (Å²) in [6.45, 7) is 2.52. The summed E-state index contributed by atoms with van der Waals surface area (Å²) < 4.78 is 5.34. The maximum atomic E-state index is 12.0. The quantitative estimate of drug-likeness (QED) is 0.860. The maximum Gasteiger partial charge on any atom is 0.335 e. The van der Waals surface area contributed by atoms with Crippen LogP contribution in [-0.4, -0.2) is 23.6 Å². The van der Waals surface area contributed by atoms with Gasteiger partial charge in [-0.15, -0.1) is 0 Å². The molecule has 2 aromatic rings. The number of carbonyl (C=O) groups excluding carboxylic acids is 1. The number of ether oxygens (including phenoxy) is 1. The van der Waals surface area contributed by atoms with E-state index in [9.17, 15) is 9.59 Å². The van der Waals surface area contributed by atoms with Gasteiger partial charge in [0.25, 0.3) is 0 Å². The molecule has 2 rings (SSSR count). The fourth-order valence-electron chi connectivity index (χ4n) is 1.96. The molecule has 0 spiro atoms. The van der Waals surface area contributed by atoms with Gasteiger partial charge in [-0.1, -0.05) is 12.1 Å². The zero-order valence-corrected chi connectivity index (χ0v) is 12.2. The fraction of sp³-hybridized carbons (Fsp3) is 0.176. The van der Waals surface area contributed by atoms with Gasteiger partial charge in [0.05, 0.1) is 18.6 Å². The van der Waals surface area contributed by atoms with E-state index < -0.39 is 5.97 Å². The molecule has 1 amide bonds. The lowest BCUT2D eigenvalue weighted by Crippen LogP contribution is -2.14. The Balaban J connectivity index is 1.93. The third-order valence-corrected chi connectivity index (χ3v) is 3.01. The van der Waals surface area contributed by atoms with Crippen molar-refractivity contribution < 1.29 is 19.4 Å². The van der Waals surface area contributed by atoms with Gasteiger partial charge < -0.3 is 15.2 Å². The molecule has 0 aliphatic carbocycles. The fourth-order valence-corrected chi connectivity index (χ4v) is 1.96. The number of carbonyl (C=O) groups is 2. The van der Waals surface area contributed by atoms with Gasteiger partial charge in [0.1, 0.15) is 5.75 Å². The van der Waals surface area contributed by atoms with E-state index >= 15 is 0 Å². The van der Waals surface area contributed by atoms with E-state index in [0.717, 1.165) is 11.3 Å². The number of benzene rings is 2. The average molecular weight is 299 g/mol. The van der Waals surface area contributed by atoms with Crippen LogP contribution in [0.2, 0.25) is 0 Å². The van der Waals surface area contributed by atoms with Gasteiger partial charge in [0.15, 0.2) is 0 Å². The first kappa shape index (κ1) is 15.6. The zero-order valence-electron chi connectivity index (χ0n) is 12.2. The highest BCUT2D eigenvalue weighted by Crippen LogP contribution is 2.14. The summed E-state index contributed by atoms with van der Waals surface area (Å²) in [6, 6.07) is 13.4. The van der Waals surface area contributed by atoms with E-state index in [4.69, 9.17) is 9.84 Å². The molecule has 0 unspecified atom stereocenters. The number of nitrogens with one attached hydrogen (secondary N) is 1. The number of amides is 1. The molecule has 5 heteroatoms. The van der Waals surface area contributed by atoms with Crippen LogP contribution in [-0.2, 0) is 11.2 Å². The first-order valence-corrected chi connectivity index (χ1v) is 6.93. The molecule has 0 aliphatic rings. The number of anilines is 1. The summed E-state index contributed by atoms with van der Waals surface area (Å²) in [5, 5.41) is 11.5. The maximum absolute atomic E-state index is 12.0. The van der Waals surface area contributed by atoms with Gasteiger partial charge in [-0.05, 0) is 48.9 Å². The van der Waals surface area contributed by atoms with Crippen molar-refractivity contribution in [3.05, 3.63) is 59.7 Å². The minimum Gasteiger partial charge on any atom is -0.494 e. The lowest BCUT2D eigenvalue weighted by Gasteiger charge is -2.07. The monoisotopic (exact) mass is 299 g/mol. The summed E-state index contributed by atoms with van der Waals surface area (Å²) in [5.41, 5.74) is 1.63. The van der Waals surface area contributed by atoms with Gasteiger partial charge in [-0.3, -0.25) is 4.79 Å². The van der Waals surface area contributed by atoms with Crippen LogP contribution in [0.3, 0.4) is 0 Å². The van der Waals surface area contributed by atoms with E-state index in [-0.39, 0.29) is 17.9 Å². The third-order valence-electron chi connectivity index (χ3n) is 3.01. The van der Waals surface area contributed by atoms with Crippen molar-refractivity contribution in [1.82, 2.24) is 0 Å². The van der Waals surface area contributed by atoms with Crippen LogP contribution in [0.25, 0.3) is 0 Å². The minimum absolute atomic E-state index is 0.160. The molecule has 0 atom stereocenters. The summed E-state index contributed by atoms with van der Waals surface area (Å²) in [5.74, 6) is -0.379. The van der Waals surface area contributed by atoms with Gasteiger partial charge in [0, 0.05) is 5.69 Å². The van der Waals surface area contributed by atoms with Gasteiger partial charge >= 0.3 is 5.97 Å². The largest absolute Gasteiger partial charge is 0.494 e. The van der Waals surface area contributed by atoms with Crippen molar-refractivity contribution in [2.24, 2.45) is 0 Å². The van der Waals surface area contributed by atoms with Crippen LogP contribution >= 0.6 is 0 Å². The van der Waals surface area contributed by atoms with E-state index in [1.807, 2.05) is 31.2 Å². The number of rotatable bonds is 6. The molecule has 114 valence electrons. The molecule has 0 aromatic heterocycles. The second kappa shape index (κ2) is 7.26. The highest BCUT2D eigenvalue weighted by atomic mass is 16.5. The molecule has 0 saturated heterocycles.